The Morgan fingerprint density at radius 3 is 2.29 bits per heavy atom. The van der Waals surface area contributed by atoms with Gasteiger partial charge in [0.1, 0.15) is 5.75 Å². The van der Waals surface area contributed by atoms with Crippen molar-refractivity contribution in [1.29, 1.82) is 0 Å². The van der Waals surface area contributed by atoms with E-state index in [9.17, 15) is 13.2 Å². The maximum atomic E-state index is 12.8. The topological polar surface area (TPSA) is 116 Å². The van der Waals surface area contributed by atoms with E-state index < -0.39 is 10.0 Å². The van der Waals surface area contributed by atoms with E-state index in [0.717, 1.165) is 23.3 Å². The number of sulfonamides is 1. The van der Waals surface area contributed by atoms with Crippen molar-refractivity contribution in [3.05, 3.63) is 78.6 Å². The molecular formula is C23H21N5O4S2. The van der Waals surface area contributed by atoms with Crippen LogP contribution in [-0.2, 0) is 10.0 Å². The zero-order chi connectivity index (χ0) is 24.1. The van der Waals surface area contributed by atoms with Crippen LogP contribution >= 0.6 is 11.8 Å². The summed E-state index contributed by atoms with van der Waals surface area (Å²) in [5, 5.41) is 9.24. The van der Waals surface area contributed by atoms with Crippen LogP contribution < -0.4 is 9.46 Å². The lowest BCUT2D eigenvalue weighted by Crippen LogP contribution is -2.10. The van der Waals surface area contributed by atoms with Crippen LogP contribution in [0.2, 0.25) is 0 Å². The Balaban J connectivity index is 1.58. The highest BCUT2D eigenvalue weighted by Crippen LogP contribution is 2.29. The third-order valence-electron chi connectivity index (χ3n) is 4.74. The summed E-state index contributed by atoms with van der Waals surface area (Å²) in [6, 6.07) is 17.5. The summed E-state index contributed by atoms with van der Waals surface area (Å²) in [7, 11) is -1.78. The Morgan fingerprint density at radius 2 is 1.68 bits per heavy atom. The second kappa shape index (κ2) is 10.1. The first-order valence-electron chi connectivity index (χ1n) is 10.1. The van der Waals surface area contributed by atoms with Gasteiger partial charge in [0.05, 0.1) is 19.1 Å². The maximum absolute atomic E-state index is 12.8. The smallest absolute Gasteiger partial charge is 0.229 e. The van der Waals surface area contributed by atoms with Gasteiger partial charge in [-0.3, -0.25) is 19.1 Å². The van der Waals surface area contributed by atoms with Crippen molar-refractivity contribution >= 4 is 33.3 Å². The molecule has 0 aliphatic carbocycles. The lowest BCUT2D eigenvalue weighted by Gasteiger charge is -2.11. The van der Waals surface area contributed by atoms with Gasteiger partial charge in [-0.25, -0.2) is 8.42 Å². The predicted octanol–water partition coefficient (Wildman–Crippen LogP) is 3.68. The van der Waals surface area contributed by atoms with Crippen molar-refractivity contribution in [2.45, 2.75) is 5.16 Å². The first kappa shape index (κ1) is 23.5. The molecule has 0 saturated heterocycles. The fourth-order valence-electron chi connectivity index (χ4n) is 3.17. The molecule has 2 heterocycles. The van der Waals surface area contributed by atoms with E-state index in [1.807, 2.05) is 41.0 Å². The number of pyridine rings is 1. The van der Waals surface area contributed by atoms with Crippen LogP contribution in [0.5, 0.6) is 5.75 Å². The van der Waals surface area contributed by atoms with Gasteiger partial charge in [0.15, 0.2) is 16.8 Å². The molecule has 4 aromatic rings. The number of Topliss-reactive ketones (excluding diaryl/α,β-unsaturated/α-hetero) is 1. The quantitative estimate of drug-likeness (QED) is 0.276. The minimum Gasteiger partial charge on any atom is -0.497 e. The van der Waals surface area contributed by atoms with Gasteiger partial charge < -0.3 is 4.74 Å². The summed E-state index contributed by atoms with van der Waals surface area (Å²) in [6.07, 6.45) is 4.43. The van der Waals surface area contributed by atoms with Crippen LogP contribution in [0.4, 0.5) is 5.69 Å². The van der Waals surface area contributed by atoms with Crippen LogP contribution in [0.3, 0.4) is 0 Å². The van der Waals surface area contributed by atoms with E-state index in [1.165, 1.54) is 11.8 Å². The minimum absolute atomic E-state index is 0.120. The number of methoxy groups -OCH3 is 1. The Hall–Kier alpha value is -3.70. The molecule has 0 saturated carbocycles. The molecule has 0 amide bonds. The van der Waals surface area contributed by atoms with Gasteiger partial charge in [0, 0.05) is 34.9 Å². The van der Waals surface area contributed by atoms with E-state index in [-0.39, 0.29) is 11.5 Å². The molecule has 174 valence electrons. The van der Waals surface area contributed by atoms with Gasteiger partial charge in [-0.2, -0.15) is 0 Å². The number of thioether (sulfide) groups is 1. The molecule has 0 unspecified atom stereocenters. The molecule has 34 heavy (non-hydrogen) atoms. The summed E-state index contributed by atoms with van der Waals surface area (Å²) >= 11 is 1.27. The number of rotatable bonds is 9. The van der Waals surface area contributed by atoms with Gasteiger partial charge in [-0.05, 0) is 60.7 Å². The molecule has 0 atom stereocenters. The maximum Gasteiger partial charge on any atom is 0.229 e. The first-order chi connectivity index (χ1) is 16.3. The SMILES string of the molecule is COc1ccc(-n2c(SCC(=O)c3ccc(NS(C)(=O)=O)cc3)nnc2-c2ccncc2)cc1. The van der Waals surface area contributed by atoms with Gasteiger partial charge in [-0.1, -0.05) is 11.8 Å². The van der Waals surface area contributed by atoms with E-state index in [2.05, 4.69) is 19.9 Å². The van der Waals surface area contributed by atoms with Gasteiger partial charge in [0.2, 0.25) is 10.0 Å². The monoisotopic (exact) mass is 495 g/mol. The molecule has 4 rings (SSSR count). The summed E-state index contributed by atoms with van der Waals surface area (Å²) in [4.78, 5) is 16.8. The third kappa shape index (κ3) is 5.61. The number of nitrogens with one attached hydrogen (secondary N) is 1. The number of aromatic nitrogens is 4. The average Bonchev–Trinajstić information content (AvgIpc) is 3.26. The summed E-state index contributed by atoms with van der Waals surface area (Å²) in [5.41, 5.74) is 2.53. The number of hydrogen-bond donors (Lipinski definition) is 1. The highest BCUT2D eigenvalue weighted by atomic mass is 32.2. The summed E-state index contributed by atoms with van der Waals surface area (Å²) in [5.74, 6) is 1.36. The molecule has 0 aliphatic heterocycles. The number of ketones is 1. The third-order valence-corrected chi connectivity index (χ3v) is 6.28. The highest BCUT2D eigenvalue weighted by Gasteiger charge is 2.18. The van der Waals surface area contributed by atoms with Gasteiger partial charge in [-0.15, -0.1) is 10.2 Å². The largest absolute Gasteiger partial charge is 0.497 e. The van der Waals surface area contributed by atoms with Crippen molar-refractivity contribution in [1.82, 2.24) is 19.7 Å². The molecule has 0 aliphatic rings. The molecule has 9 nitrogen and oxygen atoms in total. The van der Waals surface area contributed by atoms with Crippen LogP contribution in [0, 0.1) is 0 Å². The zero-order valence-electron chi connectivity index (χ0n) is 18.4. The molecule has 11 heteroatoms. The first-order valence-corrected chi connectivity index (χ1v) is 13.0. The number of nitrogens with zero attached hydrogens (tertiary/aromatic N) is 4. The Bertz CT molecular complexity index is 1390. The van der Waals surface area contributed by atoms with E-state index in [4.69, 9.17) is 4.74 Å². The van der Waals surface area contributed by atoms with Crippen molar-refractivity contribution in [2.75, 3.05) is 23.8 Å². The van der Waals surface area contributed by atoms with Gasteiger partial charge >= 0.3 is 0 Å². The van der Waals surface area contributed by atoms with Crippen LogP contribution in [0.25, 0.3) is 17.1 Å². The molecule has 0 fully saturated rings. The molecular weight excluding hydrogens is 474 g/mol. The van der Waals surface area contributed by atoms with E-state index in [1.54, 1.807) is 43.8 Å². The van der Waals surface area contributed by atoms with Crippen LogP contribution in [0.15, 0.2) is 78.2 Å². The second-order valence-electron chi connectivity index (χ2n) is 7.24. The van der Waals surface area contributed by atoms with Crippen molar-refractivity contribution in [3.63, 3.8) is 0 Å². The normalized spacial score (nSPS) is 11.2. The lowest BCUT2D eigenvalue weighted by molar-refractivity contribution is 0.102. The molecule has 1 N–H and O–H groups in total. The second-order valence-corrected chi connectivity index (χ2v) is 9.93. The average molecular weight is 496 g/mol. The molecule has 2 aromatic carbocycles. The molecule has 0 spiro atoms. The van der Waals surface area contributed by atoms with Crippen molar-refractivity contribution in [3.8, 4) is 22.8 Å². The Labute approximate surface area is 201 Å². The van der Waals surface area contributed by atoms with E-state index in [0.29, 0.717) is 22.2 Å². The minimum atomic E-state index is -3.38. The lowest BCUT2D eigenvalue weighted by atomic mass is 10.1. The summed E-state index contributed by atoms with van der Waals surface area (Å²) in [6.45, 7) is 0. The number of benzene rings is 2. The number of carbonyl (C=O) groups is 1. The predicted molar refractivity (Wildman–Crippen MR) is 131 cm³/mol. The number of anilines is 1. The number of ether oxygens (including phenoxy) is 1. The Morgan fingerprint density at radius 1 is 1.00 bits per heavy atom. The van der Waals surface area contributed by atoms with Gasteiger partial charge in [0.25, 0.3) is 0 Å². The fourth-order valence-corrected chi connectivity index (χ4v) is 4.58. The summed E-state index contributed by atoms with van der Waals surface area (Å²) < 4.78 is 32.2. The molecule has 0 radical (unpaired) electrons. The van der Waals surface area contributed by atoms with Crippen molar-refractivity contribution in [2.24, 2.45) is 0 Å². The number of hydrogen-bond acceptors (Lipinski definition) is 8. The van der Waals surface area contributed by atoms with Crippen molar-refractivity contribution < 1.29 is 17.9 Å². The van der Waals surface area contributed by atoms with Crippen LogP contribution in [-0.4, -0.2) is 53.1 Å². The highest BCUT2D eigenvalue weighted by molar-refractivity contribution is 7.99. The zero-order valence-corrected chi connectivity index (χ0v) is 20.0. The molecule has 2 aromatic heterocycles. The Kier molecular flexibility index (Phi) is 6.94. The van der Waals surface area contributed by atoms with Crippen LogP contribution in [0.1, 0.15) is 10.4 Å². The standard InChI is InChI=1S/C23H21N5O4S2/c1-32-20-9-7-19(8-10-20)28-22(17-11-13-24-14-12-17)25-26-23(28)33-15-21(29)16-3-5-18(6-4-16)27-34(2,30)31/h3-14,27H,15H2,1-2H3. The fraction of sp³-hybridized carbons (Fsp3) is 0.130. The molecule has 0 bridgehead atoms. The van der Waals surface area contributed by atoms with E-state index >= 15 is 0 Å². The number of carbonyl (C=O) groups excluding carboxylic acids is 1.